The van der Waals surface area contributed by atoms with E-state index in [4.69, 9.17) is 9.47 Å². The van der Waals surface area contributed by atoms with Gasteiger partial charge in [0.2, 0.25) is 0 Å². The number of thiazole rings is 1. The van der Waals surface area contributed by atoms with Crippen LogP contribution < -0.4 is 4.74 Å². The number of carbonyl (C=O) groups is 1. The second-order valence-electron chi connectivity index (χ2n) is 4.67. The third-order valence-corrected chi connectivity index (χ3v) is 3.61. The van der Waals surface area contributed by atoms with Crippen molar-refractivity contribution < 1.29 is 14.3 Å². The lowest BCUT2D eigenvalue weighted by atomic mass is 10.0. The van der Waals surface area contributed by atoms with E-state index < -0.39 is 5.97 Å². The van der Waals surface area contributed by atoms with Gasteiger partial charge in [0, 0.05) is 12.5 Å². The van der Waals surface area contributed by atoms with Crippen molar-refractivity contribution in [1.82, 2.24) is 4.98 Å². The highest BCUT2D eigenvalue weighted by Gasteiger charge is 2.13. The van der Waals surface area contributed by atoms with Gasteiger partial charge in [-0.1, -0.05) is 26.0 Å². The predicted octanol–water partition coefficient (Wildman–Crippen LogP) is 3.63. The molecule has 0 unspecified atom stereocenters. The number of hydrogen-bond donors (Lipinski definition) is 0. The molecule has 1 aromatic carbocycles. The van der Waals surface area contributed by atoms with Crippen LogP contribution in [0, 0.1) is 0 Å². The van der Waals surface area contributed by atoms with Crippen LogP contribution in [-0.2, 0) is 11.3 Å². The number of aromatic nitrogens is 1. The monoisotopic (exact) mass is 291 g/mol. The molecule has 5 heteroatoms. The highest BCUT2D eigenvalue weighted by Crippen LogP contribution is 2.20. The summed E-state index contributed by atoms with van der Waals surface area (Å²) in [6.45, 7) is 4.64. The summed E-state index contributed by atoms with van der Waals surface area (Å²) in [5.41, 5.74) is 1.52. The molecule has 20 heavy (non-hydrogen) atoms. The second-order valence-corrected chi connectivity index (χ2v) is 5.62. The van der Waals surface area contributed by atoms with Gasteiger partial charge in [0.05, 0.1) is 6.61 Å². The van der Waals surface area contributed by atoms with Crippen molar-refractivity contribution in [2.24, 2.45) is 0 Å². The Morgan fingerprint density at radius 3 is 2.60 bits per heavy atom. The number of ether oxygens (including phenoxy) is 2. The summed E-state index contributed by atoms with van der Waals surface area (Å²) in [4.78, 5) is 16.1. The molecule has 0 aliphatic carbocycles. The van der Waals surface area contributed by atoms with E-state index in [1.54, 1.807) is 24.6 Å². The maximum absolute atomic E-state index is 11.9. The number of rotatable bonds is 5. The lowest BCUT2D eigenvalue weighted by Gasteiger charge is -2.06. The summed E-state index contributed by atoms with van der Waals surface area (Å²) in [5, 5.41) is 2.44. The molecule has 106 valence electrons. The Morgan fingerprint density at radius 2 is 2.00 bits per heavy atom. The molecule has 0 aliphatic rings. The summed E-state index contributed by atoms with van der Waals surface area (Å²) in [5.74, 6) is 0.538. The third kappa shape index (κ3) is 3.65. The maximum atomic E-state index is 11.9. The van der Waals surface area contributed by atoms with Crippen LogP contribution >= 0.6 is 11.3 Å². The van der Waals surface area contributed by atoms with Crippen LogP contribution in [0.3, 0.4) is 0 Å². The first kappa shape index (κ1) is 14.7. The maximum Gasteiger partial charge on any atom is 0.363 e. The molecule has 2 aromatic rings. The Hall–Kier alpha value is -1.72. The second kappa shape index (κ2) is 6.63. The van der Waals surface area contributed by atoms with E-state index in [2.05, 4.69) is 18.8 Å². The zero-order valence-electron chi connectivity index (χ0n) is 11.8. The zero-order valence-corrected chi connectivity index (χ0v) is 12.6. The molecule has 0 bridgehead atoms. The number of carbonyl (C=O) groups excluding carboxylic acids is 1. The Balaban J connectivity index is 2.03. The molecule has 0 atom stereocenters. The van der Waals surface area contributed by atoms with Crippen molar-refractivity contribution >= 4 is 17.3 Å². The number of methoxy groups -OCH3 is 1. The van der Waals surface area contributed by atoms with E-state index in [0.717, 1.165) is 5.01 Å². The van der Waals surface area contributed by atoms with Crippen molar-refractivity contribution in [3.8, 4) is 5.75 Å². The highest BCUT2D eigenvalue weighted by atomic mass is 32.1. The average Bonchev–Trinajstić information content (AvgIpc) is 2.88. The predicted molar refractivity (Wildman–Crippen MR) is 78.3 cm³/mol. The van der Waals surface area contributed by atoms with Crippen LogP contribution in [0.2, 0.25) is 0 Å². The van der Waals surface area contributed by atoms with Gasteiger partial charge in [0.1, 0.15) is 10.8 Å². The lowest BCUT2D eigenvalue weighted by molar-refractivity contribution is 0.0728. The van der Waals surface area contributed by atoms with Gasteiger partial charge in [-0.3, -0.25) is 0 Å². The first-order chi connectivity index (χ1) is 9.60. The molecule has 0 saturated heterocycles. The molecular weight excluding hydrogens is 274 g/mol. The fourth-order valence-corrected chi connectivity index (χ4v) is 2.41. The van der Waals surface area contributed by atoms with Crippen LogP contribution in [-0.4, -0.2) is 18.1 Å². The summed E-state index contributed by atoms with van der Waals surface area (Å²) in [6, 6.07) is 7.53. The lowest BCUT2D eigenvalue weighted by Crippen LogP contribution is -2.09. The molecule has 1 aromatic heterocycles. The fourth-order valence-electron chi connectivity index (χ4n) is 1.67. The van der Waals surface area contributed by atoms with Crippen LogP contribution in [0.5, 0.6) is 5.75 Å². The molecule has 0 aliphatic heterocycles. The fraction of sp³-hybridized carbons (Fsp3) is 0.333. The minimum atomic E-state index is -0.444. The minimum Gasteiger partial charge on any atom is -0.422 e. The van der Waals surface area contributed by atoms with E-state index in [-0.39, 0.29) is 0 Å². The minimum absolute atomic E-state index is 0.315. The summed E-state index contributed by atoms with van der Waals surface area (Å²) in [6.07, 6.45) is 0. The van der Waals surface area contributed by atoms with Crippen LogP contribution in [0.4, 0.5) is 0 Å². The SMILES string of the molecule is COCc1nc(C(=O)Oc2ccc(C(C)C)cc2)cs1. The number of benzene rings is 1. The van der Waals surface area contributed by atoms with Crippen LogP contribution in [0.1, 0.15) is 40.8 Å². The molecule has 0 radical (unpaired) electrons. The van der Waals surface area contributed by atoms with E-state index in [1.165, 1.54) is 16.9 Å². The number of hydrogen-bond acceptors (Lipinski definition) is 5. The zero-order chi connectivity index (χ0) is 14.5. The van der Waals surface area contributed by atoms with Crippen molar-refractivity contribution in [2.45, 2.75) is 26.4 Å². The molecule has 0 N–H and O–H groups in total. The van der Waals surface area contributed by atoms with Gasteiger partial charge in [-0.05, 0) is 23.6 Å². The molecule has 0 spiro atoms. The molecule has 2 rings (SSSR count). The number of nitrogens with zero attached hydrogens (tertiary/aromatic N) is 1. The van der Waals surface area contributed by atoms with E-state index in [1.807, 2.05) is 12.1 Å². The van der Waals surface area contributed by atoms with E-state index >= 15 is 0 Å². The highest BCUT2D eigenvalue weighted by molar-refractivity contribution is 7.09. The van der Waals surface area contributed by atoms with Crippen molar-refractivity contribution in [1.29, 1.82) is 0 Å². The summed E-state index contributed by atoms with van der Waals surface area (Å²) in [7, 11) is 1.59. The van der Waals surface area contributed by atoms with Gasteiger partial charge < -0.3 is 9.47 Å². The third-order valence-electron chi connectivity index (χ3n) is 2.79. The summed E-state index contributed by atoms with van der Waals surface area (Å²) >= 11 is 1.38. The van der Waals surface area contributed by atoms with Gasteiger partial charge in [-0.25, -0.2) is 9.78 Å². The normalized spacial score (nSPS) is 10.8. The smallest absolute Gasteiger partial charge is 0.363 e. The molecule has 0 fully saturated rings. The van der Waals surface area contributed by atoms with Gasteiger partial charge >= 0.3 is 5.97 Å². The Bertz CT molecular complexity index is 575. The molecule has 4 nitrogen and oxygen atoms in total. The first-order valence-electron chi connectivity index (χ1n) is 6.35. The quantitative estimate of drug-likeness (QED) is 0.623. The standard InChI is InChI=1S/C15H17NO3S/c1-10(2)11-4-6-12(7-5-11)19-15(17)13-9-20-14(16-13)8-18-3/h4-7,9-10H,8H2,1-3H3. The number of esters is 1. The van der Waals surface area contributed by atoms with Crippen LogP contribution in [0.25, 0.3) is 0 Å². The molecule has 0 saturated carbocycles. The van der Waals surface area contributed by atoms with E-state index in [9.17, 15) is 4.79 Å². The first-order valence-corrected chi connectivity index (χ1v) is 7.23. The topological polar surface area (TPSA) is 48.4 Å². The van der Waals surface area contributed by atoms with Crippen molar-refractivity contribution in [3.05, 3.63) is 45.9 Å². The van der Waals surface area contributed by atoms with Gasteiger partial charge in [0.15, 0.2) is 5.69 Å². The molecular formula is C15H17NO3S. The van der Waals surface area contributed by atoms with E-state index in [0.29, 0.717) is 24.0 Å². The molecule has 0 amide bonds. The van der Waals surface area contributed by atoms with Crippen molar-refractivity contribution in [2.75, 3.05) is 7.11 Å². The average molecular weight is 291 g/mol. The Morgan fingerprint density at radius 1 is 1.30 bits per heavy atom. The summed E-state index contributed by atoms with van der Waals surface area (Å²) < 4.78 is 10.3. The van der Waals surface area contributed by atoms with Crippen LogP contribution in [0.15, 0.2) is 29.6 Å². The van der Waals surface area contributed by atoms with Gasteiger partial charge in [-0.15, -0.1) is 11.3 Å². The van der Waals surface area contributed by atoms with Gasteiger partial charge in [0.25, 0.3) is 0 Å². The van der Waals surface area contributed by atoms with Crippen molar-refractivity contribution in [3.63, 3.8) is 0 Å². The largest absolute Gasteiger partial charge is 0.422 e. The molecule has 1 heterocycles. The Labute approximate surface area is 122 Å². The Kier molecular flexibility index (Phi) is 4.87. The van der Waals surface area contributed by atoms with Gasteiger partial charge in [-0.2, -0.15) is 0 Å².